The summed E-state index contributed by atoms with van der Waals surface area (Å²) in [4.78, 5) is 0.0978. The van der Waals surface area contributed by atoms with E-state index in [0.29, 0.717) is 5.69 Å². The third-order valence-electron chi connectivity index (χ3n) is 2.43. The van der Waals surface area contributed by atoms with Crippen molar-refractivity contribution in [2.45, 2.75) is 11.8 Å². The van der Waals surface area contributed by atoms with Crippen molar-refractivity contribution in [1.82, 2.24) is 0 Å². The molecule has 2 aromatic rings. The second-order valence-electron chi connectivity index (χ2n) is 3.99. The van der Waals surface area contributed by atoms with Crippen LogP contribution in [0.4, 0.5) is 5.69 Å². The minimum atomic E-state index is -3.79. The standard InChI is InChI=1S/C13H12N2O3S/c1-10-2-8-13(9-3-10)19(17,18)15-14-11-4-6-12(16)7-5-11/h2-9,16H,1H3. The molecule has 0 unspecified atom stereocenters. The molecule has 2 rings (SSSR count). The monoisotopic (exact) mass is 276 g/mol. The molecule has 2 aromatic carbocycles. The number of hydrogen-bond donors (Lipinski definition) is 1. The molecule has 0 atom stereocenters. The topological polar surface area (TPSA) is 79.1 Å². The van der Waals surface area contributed by atoms with Crippen molar-refractivity contribution in [2.75, 3.05) is 0 Å². The molecule has 5 nitrogen and oxygen atoms in total. The zero-order valence-corrected chi connectivity index (χ0v) is 11.0. The maximum Gasteiger partial charge on any atom is 0.299 e. The van der Waals surface area contributed by atoms with Crippen LogP contribution in [0, 0.1) is 6.92 Å². The number of nitrogens with zero attached hydrogens (tertiary/aromatic N) is 2. The molecule has 0 aliphatic rings. The van der Waals surface area contributed by atoms with Crippen molar-refractivity contribution < 1.29 is 13.5 Å². The van der Waals surface area contributed by atoms with E-state index >= 15 is 0 Å². The van der Waals surface area contributed by atoms with Crippen LogP contribution in [0.3, 0.4) is 0 Å². The zero-order valence-electron chi connectivity index (χ0n) is 10.2. The summed E-state index contributed by atoms with van der Waals surface area (Å²) in [6.45, 7) is 1.87. The maximum atomic E-state index is 11.9. The molecule has 0 saturated carbocycles. The molecule has 0 aliphatic heterocycles. The molecule has 0 aliphatic carbocycles. The van der Waals surface area contributed by atoms with Crippen LogP contribution < -0.4 is 0 Å². The summed E-state index contributed by atoms with van der Waals surface area (Å²) in [6.07, 6.45) is 0. The highest BCUT2D eigenvalue weighted by atomic mass is 32.2. The maximum absolute atomic E-state index is 11.9. The van der Waals surface area contributed by atoms with E-state index in [0.717, 1.165) is 5.56 Å². The molecule has 0 radical (unpaired) electrons. The highest BCUT2D eigenvalue weighted by Gasteiger charge is 2.12. The first-order valence-electron chi connectivity index (χ1n) is 5.51. The third kappa shape index (κ3) is 3.38. The first-order valence-corrected chi connectivity index (χ1v) is 6.95. The Morgan fingerprint density at radius 1 is 0.947 bits per heavy atom. The lowest BCUT2D eigenvalue weighted by Gasteiger charge is -1.98. The Morgan fingerprint density at radius 2 is 1.53 bits per heavy atom. The fraction of sp³-hybridized carbons (Fsp3) is 0.0769. The number of phenolic OH excluding ortho intramolecular Hbond substituents is 1. The van der Waals surface area contributed by atoms with Crippen molar-refractivity contribution >= 4 is 15.7 Å². The van der Waals surface area contributed by atoms with E-state index in [4.69, 9.17) is 5.11 Å². The quantitative estimate of drug-likeness (QED) is 0.874. The van der Waals surface area contributed by atoms with Gasteiger partial charge in [-0.15, -0.1) is 5.11 Å². The Morgan fingerprint density at radius 3 is 2.11 bits per heavy atom. The van der Waals surface area contributed by atoms with Gasteiger partial charge in [-0.1, -0.05) is 22.2 Å². The third-order valence-corrected chi connectivity index (χ3v) is 3.60. The van der Waals surface area contributed by atoms with Crippen LogP contribution in [0.15, 0.2) is 63.1 Å². The van der Waals surface area contributed by atoms with Gasteiger partial charge >= 0.3 is 0 Å². The summed E-state index contributed by atoms with van der Waals surface area (Å²) >= 11 is 0. The molecule has 0 amide bonds. The first-order chi connectivity index (χ1) is 8.97. The van der Waals surface area contributed by atoms with Crippen LogP contribution in [-0.2, 0) is 10.0 Å². The molecule has 0 bridgehead atoms. The molecule has 0 heterocycles. The number of aromatic hydroxyl groups is 1. The van der Waals surface area contributed by atoms with Crippen LogP contribution in [0.25, 0.3) is 0 Å². The fourth-order valence-corrected chi connectivity index (χ4v) is 2.15. The van der Waals surface area contributed by atoms with E-state index in [1.807, 2.05) is 6.92 Å². The molecule has 98 valence electrons. The number of rotatable bonds is 3. The van der Waals surface area contributed by atoms with Crippen LogP contribution in [0.5, 0.6) is 5.75 Å². The lowest BCUT2D eigenvalue weighted by Crippen LogP contribution is -1.95. The highest BCUT2D eigenvalue weighted by molar-refractivity contribution is 7.90. The van der Waals surface area contributed by atoms with Crippen molar-refractivity contribution in [3.05, 3.63) is 54.1 Å². The number of hydrogen-bond acceptors (Lipinski definition) is 4. The number of phenols is 1. The van der Waals surface area contributed by atoms with Crippen LogP contribution in [0.2, 0.25) is 0 Å². The lowest BCUT2D eigenvalue weighted by molar-refractivity contribution is 0.475. The van der Waals surface area contributed by atoms with Gasteiger partial charge in [0.05, 0.1) is 10.6 Å². The van der Waals surface area contributed by atoms with Gasteiger partial charge in [0.2, 0.25) is 0 Å². The predicted molar refractivity (Wildman–Crippen MR) is 71.0 cm³/mol. The second-order valence-corrected chi connectivity index (χ2v) is 5.57. The van der Waals surface area contributed by atoms with Gasteiger partial charge in [-0.2, -0.15) is 8.42 Å². The average Bonchev–Trinajstić information content (AvgIpc) is 2.39. The highest BCUT2D eigenvalue weighted by Crippen LogP contribution is 2.20. The minimum absolute atomic E-state index is 0.0836. The Bertz CT molecular complexity index is 690. The molecule has 0 fully saturated rings. The first kappa shape index (κ1) is 13.2. The van der Waals surface area contributed by atoms with Crippen molar-refractivity contribution in [3.8, 4) is 5.75 Å². The van der Waals surface area contributed by atoms with Gasteiger partial charge in [-0.3, -0.25) is 0 Å². The Balaban J connectivity index is 2.26. The molecule has 0 aromatic heterocycles. The van der Waals surface area contributed by atoms with E-state index in [1.165, 1.54) is 36.4 Å². The Labute approximate surface area is 111 Å². The minimum Gasteiger partial charge on any atom is -0.508 e. The van der Waals surface area contributed by atoms with E-state index in [2.05, 4.69) is 9.63 Å². The molecule has 19 heavy (non-hydrogen) atoms. The number of sulfonamides is 1. The number of benzene rings is 2. The summed E-state index contributed by atoms with van der Waals surface area (Å²) in [6, 6.07) is 12.1. The van der Waals surface area contributed by atoms with Crippen LogP contribution in [0.1, 0.15) is 5.56 Å². The van der Waals surface area contributed by atoms with E-state index in [9.17, 15) is 8.42 Å². The number of aryl methyl sites for hydroxylation is 1. The summed E-state index contributed by atoms with van der Waals surface area (Å²) in [5.74, 6) is 0.0836. The Kier molecular flexibility index (Phi) is 3.62. The van der Waals surface area contributed by atoms with E-state index in [1.54, 1.807) is 12.1 Å². The average molecular weight is 276 g/mol. The summed E-state index contributed by atoms with van der Waals surface area (Å²) < 4.78 is 27.1. The largest absolute Gasteiger partial charge is 0.508 e. The molecule has 0 saturated heterocycles. The molecular formula is C13H12N2O3S. The van der Waals surface area contributed by atoms with E-state index < -0.39 is 10.0 Å². The second kappa shape index (κ2) is 5.19. The van der Waals surface area contributed by atoms with Crippen LogP contribution >= 0.6 is 0 Å². The van der Waals surface area contributed by atoms with Crippen molar-refractivity contribution in [3.63, 3.8) is 0 Å². The molecule has 6 heteroatoms. The molecule has 0 spiro atoms. The summed E-state index contributed by atoms with van der Waals surface area (Å²) in [5.41, 5.74) is 1.32. The van der Waals surface area contributed by atoms with Gasteiger partial charge < -0.3 is 5.11 Å². The summed E-state index contributed by atoms with van der Waals surface area (Å²) in [7, 11) is -3.79. The van der Waals surface area contributed by atoms with Crippen LogP contribution in [-0.4, -0.2) is 13.5 Å². The normalized spacial score (nSPS) is 11.8. The van der Waals surface area contributed by atoms with Gasteiger partial charge in [0.1, 0.15) is 5.75 Å². The smallest absolute Gasteiger partial charge is 0.299 e. The van der Waals surface area contributed by atoms with Gasteiger partial charge in [0.15, 0.2) is 0 Å². The van der Waals surface area contributed by atoms with Gasteiger partial charge in [-0.05, 0) is 43.3 Å². The summed E-state index contributed by atoms with van der Waals surface area (Å²) in [5, 5.41) is 12.7. The van der Waals surface area contributed by atoms with Crippen molar-refractivity contribution in [2.24, 2.45) is 9.63 Å². The molecule has 1 N–H and O–H groups in total. The fourth-order valence-electron chi connectivity index (χ4n) is 1.38. The van der Waals surface area contributed by atoms with E-state index in [-0.39, 0.29) is 10.6 Å². The van der Waals surface area contributed by atoms with Gasteiger partial charge in [-0.25, -0.2) is 0 Å². The van der Waals surface area contributed by atoms with Gasteiger partial charge in [0.25, 0.3) is 10.0 Å². The van der Waals surface area contributed by atoms with Crippen molar-refractivity contribution in [1.29, 1.82) is 0 Å². The SMILES string of the molecule is Cc1ccc(S(=O)(=O)N=Nc2ccc(O)cc2)cc1. The predicted octanol–water partition coefficient (Wildman–Crippen LogP) is 3.17. The zero-order chi connectivity index (χ0) is 13.9. The molecular weight excluding hydrogens is 264 g/mol. The Hall–Kier alpha value is -2.21. The lowest BCUT2D eigenvalue weighted by atomic mass is 10.2. The van der Waals surface area contributed by atoms with Gasteiger partial charge in [0, 0.05) is 0 Å².